The molecule has 0 unspecified atom stereocenters. The van der Waals surface area contributed by atoms with Gasteiger partial charge in [-0.05, 0) is 41.8 Å². The molecule has 0 atom stereocenters. The van der Waals surface area contributed by atoms with Crippen LogP contribution in [0.25, 0.3) is 0 Å². The van der Waals surface area contributed by atoms with Gasteiger partial charge in [0, 0.05) is 10.7 Å². The highest BCUT2D eigenvalue weighted by Gasteiger charge is 2.02. The van der Waals surface area contributed by atoms with Gasteiger partial charge in [-0.2, -0.15) is 0 Å². The SMILES string of the molecule is CC(C)c1ccc(Nc2cc(Cl)ccc2N)cc1. The molecule has 2 aromatic rings. The van der Waals surface area contributed by atoms with E-state index in [-0.39, 0.29) is 0 Å². The highest BCUT2D eigenvalue weighted by molar-refractivity contribution is 6.31. The number of nitrogen functional groups attached to an aromatic ring is 1. The van der Waals surface area contributed by atoms with Crippen LogP contribution in [0, 0.1) is 0 Å². The standard InChI is InChI=1S/C15H17ClN2/c1-10(2)11-3-6-13(7-4-11)18-15-9-12(16)5-8-14(15)17/h3-10,18H,17H2,1-2H3. The molecule has 0 radical (unpaired) electrons. The Hall–Kier alpha value is -1.67. The van der Waals surface area contributed by atoms with Crippen LogP contribution in [0.3, 0.4) is 0 Å². The number of nitrogens with one attached hydrogen (secondary N) is 1. The molecule has 3 N–H and O–H groups in total. The molecule has 0 aliphatic carbocycles. The largest absolute Gasteiger partial charge is 0.397 e. The number of halogens is 1. The number of benzene rings is 2. The van der Waals surface area contributed by atoms with Crippen LogP contribution in [0.15, 0.2) is 42.5 Å². The average molecular weight is 261 g/mol. The van der Waals surface area contributed by atoms with Crippen molar-refractivity contribution >= 4 is 28.7 Å². The molecule has 2 rings (SSSR count). The first-order chi connectivity index (χ1) is 8.56. The molecular weight excluding hydrogens is 244 g/mol. The predicted octanol–water partition coefficient (Wildman–Crippen LogP) is 4.79. The fourth-order valence-corrected chi connectivity index (χ4v) is 1.92. The van der Waals surface area contributed by atoms with Crippen LogP contribution in [0.2, 0.25) is 5.02 Å². The molecule has 18 heavy (non-hydrogen) atoms. The third-order valence-corrected chi connectivity index (χ3v) is 3.11. The van der Waals surface area contributed by atoms with E-state index in [2.05, 4.69) is 43.4 Å². The highest BCUT2D eigenvalue weighted by Crippen LogP contribution is 2.27. The molecule has 0 saturated heterocycles. The first-order valence-corrected chi connectivity index (χ1v) is 6.36. The zero-order chi connectivity index (χ0) is 13.1. The van der Waals surface area contributed by atoms with Gasteiger partial charge in [0.1, 0.15) is 0 Å². The summed E-state index contributed by atoms with van der Waals surface area (Å²) >= 11 is 5.95. The van der Waals surface area contributed by atoms with Crippen LogP contribution in [-0.4, -0.2) is 0 Å². The maximum Gasteiger partial charge on any atom is 0.0632 e. The van der Waals surface area contributed by atoms with E-state index in [0.29, 0.717) is 16.6 Å². The molecule has 0 fully saturated rings. The maximum atomic E-state index is 5.95. The number of nitrogens with two attached hydrogens (primary N) is 1. The van der Waals surface area contributed by atoms with Gasteiger partial charge in [0.15, 0.2) is 0 Å². The minimum Gasteiger partial charge on any atom is -0.397 e. The second kappa shape index (κ2) is 5.32. The summed E-state index contributed by atoms with van der Waals surface area (Å²) in [6.07, 6.45) is 0. The van der Waals surface area contributed by atoms with Crippen molar-refractivity contribution in [2.45, 2.75) is 19.8 Å². The molecule has 0 bridgehead atoms. The van der Waals surface area contributed by atoms with Crippen LogP contribution in [-0.2, 0) is 0 Å². The first kappa shape index (κ1) is 12.8. The third kappa shape index (κ3) is 2.96. The van der Waals surface area contributed by atoms with Crippen molar-refractivity contribution in [1.82, 2.24) is 0 Å². The maximum absolute atomic E-state index is 5.95. The van der Waals surface area contributed by atoms with Gasteiger partial charge in [0.05, 0.1) is 11.4 Å². The Morgan fingerprint density at radius 2 is 1.72 bits per heavy atom. The lowest BCUT2D eigenvalue weighted by Crippen LogP contribution is -1.96. The second-order valence-corrected chi connectivity index (χ2v) is 5.07. The smallest absolute Gasteiger partial charge is 0.0632 e. The number of rotatable bonds is 3. The Bertz CT molecular complexity index is 533. The van der Waals surface area contributed by atoms with Crippen molar-refractivity contribution in [3.63, 3.8) is 0 Å². The van der Waals surface area contributed by atoms with Gasteiger partial charge in [-0.15, -0.1) is 0 Å². The van der Waals surface area contributed by atoms with E-state index in [0.717, 1.165) is 11.4 Å². The van der Waals surface area contributed by atoms with Crippen molar-refractivity contribution in [3.05, 3.63) is 53.1 Å². The molecule has 0 heterocycles. The van der Waals surface area contributed by atoms with Crippen LogP contribution in [0.1, 0.15) is 25.3 Å². The van der Waals surface area contributed by atoms with E-state index < -0.39 is 0 Å². The summed E-state index contributed by atoms with van der Waals surface area (Å²) in [6.45, 7) is 4.36. The van der Waals surface area contributed by atoms with Gasteiger partial charge in [0.25, 0.3) is 0 Å². The van der Waals surface area contributed by atoms with E-state index >= 15 is 0 Å². The van der Waals surface area contributed by atoms with Gasteiger partial charge in [-0.3, -0.25) is 0 Å². The van der Waals surface area contributed by atoms with E-state index in [1.54, 1.807) is 12.1 Å². The fourth-order valence-electron chi connectivity index (χ4n) is 1.74. The Morgan fingerprint density at radius 1 is 1.06 bits per heavy atom. The molecular formula is C15H17ClN2. The Labute approximate surface area is 113 Å². The van der Waals surface area contributed by atoms with Crippen molar-refractivity contribution in [3.8, 4) is 0 Å². The Balaban J connectivity index is 2.21. The summed E-state index contributed by atoms with van der Waals surface area (Å²) in [7, 11) is 0. The van der Waals surface area contributed by atoms with Gasteiger partial charge in [-0.25, -0.2) is 0 Å². The molecule has 2 nitrogen and oxygen atoms in total. The molecule has 0 aliphatic heterocycles. The summed E-state index contributed by atoms with van der Waals surface area (Å²) in [6, 6.07) is 13.7. The Kier molecular flexibility index (Phi) is 3.78. The summed E-state index contributed by atoms with van der Waals surface area (Å²) in [5.74, 6) is 0.537. The van der Waals surface area contributed by atoms with E-state index in [1.165, 1.54) is 5.56 Å². The van der Waals surface area contributed by atoms with Crippen molar-refractivity contribution in [2.75, 3.05) is 11.1 Å². The quantitative estimate of drug-likeness (QED) is 0.779. The molecule has 0 aliphatic rings. The molecule has 0 aromatic heterocycles. The van der Waals surface area contributed by atoms with Gasteiger partial charge < -0.3 is 11.1 Å². The van der Waals surface area contributed by atoms with Gasteiger partial charge >= 0.3 is 0 Å². The summed E-state index contributed by atoms with van der Waals surface area (Å²) < 4.78 is 0. The zero-order valence-corrected chi connectivity index (χ0v) is 11.3. The van der Waals surface area contributed by atoms with Crippen molar-refractivity contribution in [2.24, 2.45) is 0 Å². The van der Waals surface area contributed by atoms with E-state index in [4.69, 9.17) is 17.3 Å². The lowest BCUT2D eigenvalue weighted by atomic mass is 10.0. The highest BCUT2D eigenvalue weighted by atomic mass is 35.5. The third-order valence-electron chi connectivity index (χ3n) is 2.87. The van der Waals surface area contributed by atoms with Crippen LogP contribution < -0.4 is 11.1 Å². The number of anilines is 3. The zero-order valence-electron chi connectivity index (χ0n) is 10.6. The van der Waals surface area contributed by atoms with Gasteiger partial charge in [-0.1, -0.05) is 37.6 Å². The molecule has 94 valence electrons. The normalized spacial score (nSPS) is 10.7. The van der Waals surface area contributed by atoms with Crippen LogP contribution in [0.5, 0.6) is 0 Å². The summed E-state index contributed by atoms with van der Waals surface area (Å²) in [5.41, 5.74) is 9.74. The van der Waals surface area contributed by atoms with E-state index in [9.17, 15) is 0 Å². The number of hydrogen-bond acceptors (Lipinski definition) is 2. The minimum atomic E-state index is 0.537. The summed E-state index contributed by atoms with van der Waals surface area (Å²) in [4.78, 5) is 0. The van der Waals surface area contributed by atoms with Crippen molar-refractivity contribution < 1.29 is 0 Å². The average Bonchev–Trinajstić information content (AvgIpc) is 2.34. The summed E-state index contributed by atoms with van der Waals surface area (Å²) in [5, 5.41) is 3.94. The molecule has 2 aromatic carbocycles. The fraction of sp³-hybridized carbons (Fsp3) is 0.200. The molecule has 0 saturated carbocycles. The van der Waals surface area contributed by atoms with Gasteiger partial charge in [0.2, 0.25) is 0 Å². The molecule has 3 heteroatoms. The van der Waals surface area contributed by atoms with Crippen LogP contribution in [0.4, 0.5) is 17.1 Å². The predicted molar refractivity (Wildman–Crippen MR) is 79.7 cm³/mol. The number of hydrogen-bond donors (Lipinski definition) is 2. The lowest BCUT2D eigenvalue weighted by molar-refractivity contribution is 0.867. The Morgan fingerprint density at radius 3 is 2.33 bits per heavy atom. The van der Waals surface area contributed by atoms with Crippen molar-refractivity contribution in [1.29, 1.82) is 0 Å². The monoisotopic (exact) mass is 260 g/mol. The molecule has 0 amide bonds. The molecule has 0 spiro atoms. The van der Waals surface area contributed by atoms with Crippen LogP contribution >= 0.6 is 11.6 Å². The first-order valence-electron chi connectivity index (χ1n) is 5.98. The minimum absolute atomic E-state index is 0.537. The second-order valence-electron chi connectivity index (χ2n) is 4.63. The van der Waals surface area contributed by atoms with E-state index in [1.807, 2.05) is 6.07 Å². The lowest BCUT2D eigenvalue weighted by Gasteiger charge is -2.11. The topological polar surface area (TPSA) is 38.0 Å².